The Labute approximate surface area is 165 Å². The summed E-state index contributed by atoms with van der Waals surface area (Å²) in [6.07, 6.45) is 2.53. The first-order chi connectivity index (χ1) is 12.6. The molecule has 0 aliphatic rings. The molecule has 3 rings (SSSR count). The van der Waals surface area contributed by atoms with Crippen LogP contribution in [0.1, 0.15) is 17.5 Å². The van der Waals surface area contributed by atoms with E-state index in [-0.39, 0.29) is 5.91 Å². The Morgan fingerprint density at radius 3 is 2.50 bits per heavy atom. The predicted octanol–water partition coefficient (Wildman–Crippen LogP) is 5.49. The number of hydrogen-bond acceptors (Lipinski definition) is 4. The molecule has 2 aromatic carbocycles. The number of carbonyl (C=O) groups is 1. The molecule has 0 radical (unpaired) electrons. The molecule has 3 aromatic rings. The summed E-state index contributed by atoms with van der Waals surface area (Å²) in [5.74, 6) is 0.660. The van der Waals surface area contributed by atoms with Gasteiger partial charge in [0, 0.05) is 34.6 Å². The van der Waals surface area contributed by atoms with Crippen LogP contribution in [-0.2, 0) is 17.8 Å². The van der Waals surface area contributed by atoms with Crippen molar-refractivity contribution in [2.45, 2.75) is 19.4 Å². The Morgan fingerprint density at radius 2 is 1.85 bits per heavy atom. The van der Waals surface area contributed by atoms with Crippen LogP contribution in [0.15, 0.2) is 54.0 Å². The minimum absolute atomic E-state index is 0.0518. The molecule has 0 unspecified atom stereocenters. The van der Waals surface area contributed by atoms with Gasteiger partial charge in [0.2, 0.25) is 5.91 Å². The first kappa shape index (κ1) is 18.7. The zero-order valence-corrected chi connectivity index (χ0v) is 16.1. The van der Waals surface area contributed by atoms with Crippen LogP contribution in [0.5, 0.6) is 10.9 Å². The number of nitrogens with one attached hydrogen (secondary N) is 1. The summed E-state index contributed by atoms with van der Waals surface area (Å²) in [7, 11) is 0. The summed E-state index contributed by atoms with van der Waals surface area (Å²) >= 11 is 13.7. The average Bonchev–Trinajstić information content (AvgIpc) is 3.14. The highest BCUT2D eigenvalue weighted by Gasteiger charge is 2.09. The second kappa shape index (κ2) is 9.03. The lowest BCUT2D eigenvalue weighted by Crippen LogP contribution is -2.23. The molecule has 1 aromatic heterocycles. The maximum Gasteiger partial charge on any atom is 0.278 e. The van der Waals surface area contributed by atoms with Gasteiger partial charge in [0.1, 0.15) is 5.75 Å². The van der Waals surface area contributed by atoms with Gasteiger partial charge in [-0.3, -0.25) is 4.79 Å². The van der Waals surface area contributed by atoms with E-state index in [2.05, 4.69) is 10.3 Å². The lowest BCUT2D eigenvalue weighted by molar-refractivity contribution is -0.121. The predicted molar refractivity (Wildman–Crippen MR) is 105 cm³/mol. The van der Waals surface area contributed by atoms with Crippen molar-refractivity contribution in [3.8, 4) is 10.9 Å². The van der Waals surface area contributed by atoms with E-state index in [9.17, 15) is 4.79 Å². The van der Waals surface area contributed by atoms with Gasteiger partial charge >= 0.3 is 0 Å². The molecule has 0 spiro atoms. The van der Waals surface area contributed by atoms with E-state index in [1.54, 1.807) is 24.4 Å². The van der Waals surface area contributed by atoms with E-state index in [0.717, 1.165) is 11.1 Å². The van der Waals surface area contributed by atoms with Crippen LogP contribution in [0.3, 0.4) is 0 Å². The number of benzene rings is 2. The number of ether oxygens (including phenoxy) is 1. The zero-order valence-electron chi connectivity index (χ0n) is 13.7. The van der Waals surface area contributed by atoms with E-state index < -0.39 is 0 Å². The van der Waals surface area contributed by atoms with Crippen molar-refractivity contribution in [1.29, 1.82) is 0 Å². The molecule has 0 saturated carbocycles. The maximum atomic E-state index is 12.1. The van der Waals surface area contributed by atoms with E-state index in [1.165, 1.54) is 11.3 Å². The number of hydrogen-bond donors (Lipinski definition) is 1. The van der Waals surface area contributed by atoms with Gasteiger partial charge in [-0.25, -0.2) is 4.98 Å². The standard InChI is InChI=1S/C19H16Cl2N2O2S/c20-16-2-1-3-17(21)15(16)8-9-18(24)23-12-13-4-6-14(7-5-13)25-19-22-10-11-26-19/h1-7,10-11H,8-9,12H2,(H,23,24). The quantitative estimate of drug-likeness (QED) is 0.563. The third kappa shape index (κ3) is 5.21. The molecular weight excluding hydrogens is 391 g/mol. The number of thiazole rings is 1. The van der Waals surface area contributed by atoms with Crippen molar-refractivity contribution < 1.29 is 9.53 Å². The first-order valence-corrected chi connectivity index (χ1v) is 9.61. The van der Waals surface area contributed by atoms with Crippen LogP contribution in [0, 0.1) is 0 Å². The van der Waals surface area contributed by atoms with Gasteiger partial charge in [0.15, 0.2) is 0 Å². The second-order valence-electron chi connectivity index (χ2n) is 5.52. The first-order valence-electron chi connectivity index (χ1n) is 7.97. The van der Waals surface area contributed by atoms with Crippen molar-refractivity contribution in [2.75, 3.05) is 0 Å². The third-order valence-electron chi connectivity index (χ3n) is 3.69. The van der Waals surface area contributed by atoms with Crippen molar-refractivity contribution in [3.05, 3.63) is 75.2 Å². The molecule has 1 amide bonds. The van der Waals surface area contributed by atoms with Gasteiger partial charge in [-0.1, -0.05) is 52.7 Å². The van der Waals surface area contributed by atoms with E-state index in [0.29, 0.717) is 40.4 Å². The van der Waals surface area contributed by atoms with Crippen LogP contribution >= 0.6 is 34.5 Å². The summed E-state index contributed by atoms with van der Waals surface area (Å²) in [5.41, 5.74) is 1.79. The van der Waals surface area contributed by atoms with Crippen molar-refractivity contribution in [3.63, 3.8) is 0 Å². The normalized spacial score (nSPS) is 10.5. The van der Waals surface area contributed by atoms with Gasteiger partial charge in [0.25, 0.3) is 5.19 Å². The Kier molecular flexibility index (Phi) is 6.50. The molecule has 0 aliphatic heterocycles. The number of nitrogens with zero attached hydrogens (tertiary/aromatic N) is 1. The molecule has 7 heteroatoms. The minimum atomic E-state index is -0.0518. The smallest absolute Gasteiger partial charge is 0.278 e. The van der Waals surface area contributed by atoms with E-state index in [1.807, 2.05) is 29.6 Å². The Hall–Kier alpha value is -2.08. The molecule has 0 aliphatic carbocycles. The molecule has 0 bridgehead atoms. The summed E-state index contributed by atoms with van der Waals surface area (Å²) in [6.45, 7) is 0.451. The molecule has 1 N–H and O–H groups in total. The Balaban J connectivity index is 1.47. The fourth-order valence-electron chi connectivity index (χ4n) is 2.34. The summed E-state index contributed by atoms with van der Waals surface area (Å²) < 4.78 is 5.60. The van der Waals surface area contributed by atoms with Crippen molar-refractivity contribution in [1.82, 2.24) is 10.3 Å². The van der Waals surface area contributed by atoms with Crippen LogP contribution in [0.25, 0.3) is 0 Å². The molecule has 0 saturated heterocycles. The fourth-order valence-corrected chi connectivity index (χ4v) is 3.43. The molecule has 0 fully saturated rings. The lowest BCUT2D eigenvalue weighted by Gasteiger charge is -2.08. The minimum Gasteiger partial charge on any atom is -0.431 e. The van der Waals surface area contributed by atoms with Gasteiger partial charge in [0.05, 0.1) is 0 Å². The highest BCUT2D eigenvalue weighted by atomic mass is 35.5. The summed E-state index contributed by atoms with van der Waals surface area (Å²) in [5, 5.41) is 6.52. The van der Waals surface area contributed by atoms with Crippen molar-refractivity contribution >= 4 is 40.4 Å². The topological polar surface area (TPSA) is 51.2 Å². The van der Waals surface area contributed by atoms with Gasteiger partial charge in [-0.05, 0) is 41.8 Å². The maximum absolute atomic E-state index is 12.1. The molecular formula is C19H16Cl2N2O2S. The fraction of sp³-hybridized carbons (Fsp3) is 0.158. The zero-order chi connectivity index (χ0) is 18.4. The van der Waals surface area contributed by atoms with Crippen LogP contribution in [-0.4, -0.2) is 10.9 Å². The van der Waals surface area contributed by atoms with Gasteiger partial charge in [-0.2, -0.15) is 0 Å². The SMILES string of the molecule is O=C(CCc1c(Cl)cccc1Cl)NCc1ccc(Oc2nccs2)cc1. The number of halogens is 2. The van der Waals surface area contributed by atoms with Crippen molar-refractivity contribution in [2.24, 2.45) is 0 Å². The van der Waals surface area contributed by atoms with Crippen LogP contribution in [0.2, 0.25) is 10.0 Å². The third-order valence-corrected chi connectivity index (χ3v) is 5.05. The summed E-state index contributed by atoms with van der Waals surface area (Å²) in [4.78, 5) is 16.1. The summed E-state index contributed by atoms with van der Waals surface area (Å²) in [6, 6.07) is 12.9. The highest BCUT2D eigenvalue weighted by molar-refractivity contribution is 7.11. The van der Waals surface area contributed by atoms with Crippen LogP contribution < -0.4 is 10.1 Å². The number of rotatable bonds is 7. The number of amides is 1. The monoisotopic (exact) mass is 406 g/mol. The van der Waals surface area contributed by atoms with Gasteiger partial charge < -0.3 is 10.1 Å². The van der Waals surface area contributed by atoms with Gasteiger partial charge in [-0.15, -0.1) is 0 Å². The molecule has 26 heavy (non-hydrogen) atoms. The molecule has 134 valence electrons. The number of aromatic nitrogens is 1. The van der Waals surface area contributed by atoms with Crippen LogP contribution in [0.4, 0.5) is 0 Å². The second-order valence-corrected chi connectivity index (χ2v) is 7.19. The average molecular weight is 407 g/mol. The number of carbonyl (C=O) groups excluding carboxylic acids is 1. The highest BCUT2D eigenvalue weighted by Crippen LogP contribution is 2.25. The molecule has 4 nitrogen and oxygen atoms in total. The van der Waals surface area contributed by atoms with E-state index >= 15 is 0 Å². The largest absolute Gasteiger partial charge is 0.431 e. The van der Waals surface area contributed by atoms with E-state index in [4.69, 9.17) is 27.9 Å². The Morgan fingerprint density at radius 1 is 1.12 bits per heavy atom. The Bertz CT molecular complexity index is 848. The molecule has 0 atom stereocenters. The molecule has 1 heterocycles. The lowest BCUT2D eigenvalue weighted by atomic mass is 10.1.